The highest BCUT2D eigenvalue weighted by Gasteiger charge is 2.27. The average Bonchev–Trinajstić information content (AvgIpc) is 2.71. The molecule has 0 N–H and O–H groups in total. The molecule has 4 aromatic carbocycles. The Labute approximate surface area is 157 Å². The van der Waals surface area contributed by atoms with Gasteiger partial charge in [-0.1, -0.05) is 60.7 Å². The Morgan fingerprint density at radius 2 is 1.52 bits per heavy atom. The lowest BCUT2D eigenvalue weighted by Crippen LogP contribution is -2.19. The fourth-order valence-electron chi connectivity index (χ4n) is 4.10. The minimum Gasteiger partial charge on any atom is -0.496 e. The fraction of sp³-hybridized carbons (Fsp3) is 0.125. The summed E-state index contributed by atoms with van der Waals surface area (Å²) in [6.07, 6.45) is 0.728. The normalized spacial score (nSPS) is 13.4. The second-order valence-electron chi connectivity index (χ2n) is 6.76. The molecule has 1 aliphatic rings. The van der Waals surface area contributed by atoms with E-state index < -0.39 is 0 Å². The van der Waals surface area contributed by atoms with E-state index in [0.29, 0.717) is 12.2 Å². The van der Waals surface area contributed by atoms with Gasteiger partial charge in [-0.05, 0) is 33.2 Å². The van der Waals surface area contributed by atoms with Gasteiger partial charge in [0.05, 0.1) is 19.3 Å². The summed E-state index contributed by atoms with van der Waals surface area (Å²) in [5.41, 5.74) is 3.55. The van der Waals surface area contributed by atoms with Crippen molar-refractivity contribution in [3.05, 3.63) is 77.9 Å². The number of hydrogen-bond donors (Lipinski definition) is 0. The monoisotopic (exact) mass is 354 g/mol. The first-order valence-corrected chi connectivity index (χ1v) is 9.06. The van der Waals surface area contributed by atoms with Crippen LogP contribution in [-0.2, 0) is 11.2 Å². The maximum absolute atomic E-state index is 12.8. The maximum atomic E-state index is 12.8. The predicted octanol–water partition coefficient (Wildman–Crippen LogP) is 5.38. The summed E-state index contributed by atoms with van der Waals surface area (Å²) in [6, 6.07) is 22.5. The van der Waals surface area contributed by atoms with Crippen LogP contribution < -0.4 is 4.74 Å². The van der Waals surface area contributed by atoms with Crippen LogP contribution in [0.5, 0.6) is 5.75 Å². The van der Waals surface area contributed by atoms with Crippen LogP contribution in [0.1, 0.15) is 15.9 Å². The van der Waals surface area contributed by atoms with Crippen molar-refractivity contribution in [1.82, 2.24) is 0 Å². The van der Waals surface area contributed by atoms with Gasteiger partial charge in [0.15, 0.2) is 0 Å². The summed E-state index contributed by atoms with van der Waals surface area (Å²) in [5, 5.41) is 4.33. The Kier molecular flexibility index (Phi) is 3.61. The molecule has 27 heavy (non-hydrogen) atoms. The second kappa shape index (κ2) is 6.13. The maximum Gasteiger partial charge on any atom is 0.339 e. The second-order valence-corrected chi connectivity index (χ2v) is 6.76. The largest absolute Gasteiger partial charge is 0.496 e. The Morgan fingerprint density at radius 1 is 0.815 bits per heavy atom. The van der Waals surface area contributed by atoms with E-state index in [2.05, 4.69) is 30.3 Å². The first kappa shape index (κ1) is 15.9. The highest BCUT2D eigenvalue weighted by Crippen LogP contribution is 2.44. The molecule has 0 saturated carbocycles. The van der Waals surface area contributed by atoms with Gasteiger partial charge >= 0.3 is 5.97 Å². The Balaban J connectivity index is 2.01. The van der Waals surface area contributed by atoms with E-state index in [1.807, 2.05) is 36.4 Å². The molecule has 0 spiro atoms. The lowest BCUT2D eigenvalue weighted by Gasteiger charge is -2.23. The van der Waals surface area contributed by atoms with Crippen molar-refractivity contribution >= 4 is 27.5 Å². The molecular weight excluding hydrogens is 336 g/mol. The van der Waals surface area contributed by atoms with Crippen LogP contribution in [0, 0.1) is 0 Å². The van der Waals surface area contributed by atoms with E-state index in [9.17, 15) is 4.79 Å². The number of benzene rings is 4. The van der Waals surface area contributed by atoms with Gasteiger partial charge in [0.25, 0.3) is 0 Å². The van der Waals surface area contributed by atoms with E-state index in [1.54, 1.807) is 7.11 Å². The number of rotatable bonds is 2. The first-order valence-electron chi connectivity index (χ1n) is 9.06. The van der Waals surface area contributed by atoms with Crippen molar-refractivity contribution in [3.63, 3.8) is 0 Å². The summed E-state index contributed by atoms with van der Waals surface area (Å²) in [4.78, 5) is 12.8. The van der Waals surface area contributed by atoms with Crippen molar-refractivity contribution in [2.75, 3.05) is 13.7 Å². The number of hydrogen-bond acceptors (Lipinski definition) is 3. The van der Waals surface area contributed by atoms with Gasteiger partial charge in [-0.25, -0.2) is 4.79 Å². The van der Waals surface area contributed by atoms with E-state index in [-0.39, 0.29) is 5.97 Å². The molecule has 0 unspecified atom stereocenters. The standard InChI is InChI=1S/C24H18O3/c1-26-20-11-10-15-6-2-4-8-18(15)22(20)23-19-9-5-3-7-16(19)14-17-12-13-27-24(25)21(17)23/h2-11,14H,12-13H2,1H3. The van der Waals surface area contributed by atoms with Crippen LogP contribution in [0.3, 0.4) is 0 Å². The third-order valence-corrected chi connectivity index (χ3v) is 5.30. The van der Waals surface area contributed by atoms with Crippen LogP contribution in [0.15, 0.2) is 66.7 Å². The SMILES string of the molecule is COc1ccc2ccccc2c1-c1c2c(cc3ccccc13)CCOC2=O. The summed E-state index contributed by atoms with van der Waals surface area (Å²) in [6.45, 7) is 0.427. The van der Waals surface area contributed by atoms with Gasteiger partial charge in [0.2, 0.25) is 0 Å². The summed E-state index contributed by atoms with van der Waals surface area (Å²) < 4.78 is 11.2. The highest BCUT2D eigenvalue weighted by molar-refractivity contribution is 6.15. The number of ether oxygens (including phenoxy) is 2. The smallest absolute Gasteiger partial charge is 0.339 e. The number of carbonyl (C=O) groups excluding carboxylic acids is 1. The summed E-state index contributed by atoms with van der Waals surface area (Å²) in [5.74, 6) is 0.498. The van der Waals surface area contributed by atoms with Gasteiger partial charge < -0.3 is 9.47 Å². The van der Waals surface area contributed by atoms with Crippen LogP contribution in [-0.4, -0.2) is 19.7 Å². The topological polar surface area (TPSA) is 35.5 Å². The Hall–Kier alpha value is -3.33. The van der Waals surface area contributed by atoms with Gasteiger partial charge in [-0.2, -0.15) is 0 Å². The number of cyclic esters (lactones) is 1. The third kappa shape index (κ3) is 2.39. The van der Waals surface area contributed by atoms with Crippen LogP contribution in [0.2, 0.25) is 0 Å². The molecule has 0 aromatic heterocycles. The average molecular weight is 354 g/mol. The molecule has 0 fully saturated rings. The molecule has 0 amide bonds. The molecule has 0 saturated heterocycles. The molecule has 0 radical (unpaired) electrons. The van der Waals surface area contributed by atoms with Crippen molar-refractivity contribution in [1.29, 1.82) is 0 Å². The fourth-order valence-corrected chi connectivity index (χ4v) is 4.10. The van der Waals surface area contributed by atoms with Crippen molar-refractivity contribution < 1.29 is 14.3 Å². The van der Waals surface area contributed by atoms with Gasteiger partial charge in [0, 0.05) is 17.5 Å². The van der Waals surface area contributed by atoms with E-state index in [1.165, 1.54) is 0 Å². The lowest BCUT2D eigenvalue weighted by molar-refractivity contribution is 0.0482. The van der Waals surface area contributed by atoms with Crippen LogP contribution in [0.4, 0.5) is 0 Å². The third-order valence-electron chi connectivity index (χ3n) is 5.30. The summed E-state index contributed by atoms with van der Waals surface area (Å²) in [7, 11) is 1.67. The summed E-state index contributed by atoms with van der Waals surface area (Å²) >= 11 is 0. The molecule has 1 heterocycles. The molecule has 5 rings (SSSR count). The molecule has 3 nitrogen and oxygen atoms in total. The molecule has 1 aliphatic heterocycles. The Bertz CT molecular complexity index is 1210. The van der Waals surface area contributed by atoms with Gasteiger partial charge in [-0.3, -0.25) is 0 Å². The quantitative estimate of drug-likeness (QED) is 0.453. The van der Waals surface area contributed by atoms with E-state index >= 15 is 0 Å². The molecule has 132 valence electrons. The van der Waals surface area contributed by atoms with E-state index in [4.69, 9.17) is 9.47 Å². The first-order chi connectivity index (χ1) is 13.3. The van der Waals surface area contributed by atoms with Crippen molar-refractivity contribution in [2.24, 2.45) is 0 Å². The number of esters is 1. The zero-order chi connectivity index (χ0) is 18.4. The molecule has 0 aliphatic carbocycles. The van der Waals surface area contributed by atoms with Gasteiger partial charge in [-0.15, -0.1) is 0 Å². The zero-order valence-electron chi connectivity index (χ0n) is 15.0. The number of methoxy groups -OCH3 is 1. The minimum atomic E-state index is -0.257. The highest BCUT2D eigenvalue weighted by atomic mass is 16.5. The van der Waals surface area contributed by atoms with Gasteiger partial charge in [0.1, 0.15) is 5.75 Å². The lowest BCUT2D eigenvalue weighted by atomic mass is 9.85. The van der Waals surface area contributed by atoms with Crippen LogP contribution >= 0.6 is 0 Å². The predicted molar refractivity (Wildman–Crippen MR) is 107 cm³/mol. The molecular formula is C24H18O3. The Morgan fingerprint density at radius 3 is 2.30 bits per heavy atom. The molecule has 0 atom stereocenters. The molecule has 4 aromatic rings. The van der Waals surface area contributed by atoms with Crippen molar-refractivity contribution in [3.8, 4) is 16.9 Å². The minimum absolute atomic E-state index is 0.257. The van der Waals surface area contributed by atoms with Crippen LogP contribution in [0.25, 0.3) is 32.7 Å². The van der Waals surface area contributed by atoms with E-state index in [0.717, 1.165) is 50.4 Å². The molecule has 3 heteroatoms. The number of fused-ring (bicyclic) bond motifs is 3. The number of carbonyl (C=O) groups is 1. The molecule has 0 bridgehead atoms. The van der Waals surface area contributed by atoms with Crippen molar-refractivity contribution in [2.45, 2.75) is 6.42 Å². The zero-order valence-corrected chi connectivity index (χ0v) is 15.0.